The van der Waals surface area contributed by atoms with Crippen LogP contribution in [0.2, 0.25) is 0 Å². The molecular formula is C11H17N3O4. The second-order valence-electron chi connectivity index (χ2n) is 4.21. The zero-order valence-corrected chi connectivity index (χ0v) is 10.2. The van der Waals surface area contributed by atoms with Crippen LogP contribution >= 0.6 is 0 Å². The van der Waals surface area contributed by atoms with E-state index in [0.717, 1.165) is 0 Å². The number of carboxylic acid groups (broad SMARTS) is 1. The van der Waals surface area contributed by atoms with E-state index in [4.69, 9.17) is 10.8 Å². The molecule has 0 saturated heterocycles. The summed E-state index contributed by atoms with van der Waals surface area (Å²) in [5.74, 6) is -1.02. The van der Waals surface area contributed by atoms with Crippen molar-refractivity contribution in [1.29, 1.82) is 0 Å². The lowest BCUT2D eigenvalue weighted by Gasteiger charge is -2.07. The second kappa shape index (κ2) is 6.15. The molecule has 1 aromatic rings. The smallest absolute Gasteiger partial charge is 0.328 e. The van der Waals surface area contributed by atoms with Crippen molar-refractivity contribution in [2.75, 3.05) is 0 Å². The standard InChI is InChI=1S/C11H17N3O4/c1-7-6-14(11(18)13-9(7)15)5-3-2-4-8(12)10(16)17/h6,8H,2-5,12H2,1H3,(H,16,17)(H,13,15,18)/t8-/m0/s1. The number of aromatic nitrogens is 2. The fourth-order valence-corrected chi connectivity index (χ4v) is 1.55. The van der Waals surface area contributed by atoms with Crippen LogP contribution in [0.1, 0.15) is 24.8 Å². The van der Waals surface area contributed by atoms with Crippen LogP contribution in [0.5, 0.6) is 0 Å². The van der Waals surface area contributed by atoms with E-state index in [2.05, 4.69) is 4.98 Å². The Morgan fingerprint density at radius 2 is 2.17 bits per heavy atom. The molecule has 100 valence electrons. The summed E-state index contributed by atoms with van der Waals surface area (Å²) in [7, 11) is 0. The first-order valence-electron chi connectivity index (χ1n) is 5.70. The van der Waals surface area contributed by atoms with E-state index >= 15 is 0 Å². The van der Waals surface area contributed by atoms with Gasteiger partial charge in [0.2, 0.25) is 0 Å². The molecule has 1 heterocycles. The topological polar surface area (TPSA) is 118 Å². The molecule has 18 heavy (non-hydrogen) atoms. The van der Waals surface area contributed by atoms with Gasteiger partial charge < -0.3 is 15.4 Å². The van der Waals surface area contributed by atoms with Gasteiger partial charge in [0.1, 0.15) is 6.04 Å². The summed E-state index contributed by atoms with van der Waals surface area (Å²) in [4.78, 5) is 35.2. The minimum Gasteiger partial charge on any atom is -0.480 e. The molecule has 0 aliphatic heterocycles. The van der Waals surface area contributed by atoms with E-state index in [1.165, 1.54) is 10.8 Å². The number of nitrogens with two attached hydrogens (primary N) is 1. The lowest BCUT2D eigenvalue weighted by molar-refractivity contribution is -0.138. The van der Waals surface area contributed by atoms with Gasteiger partial charge in [-0.15, -0.1) is 0 Å². The number of H-pyrrole nitrogens is 1. The molecular weight excluding hydrogens is 238 g/mol. The van der Waals surface area contributed by atoms with Crippen LogP contribution in [-0.4, -0.2) is 26.7 Å². The van der Waals surface area contributed by atoms with Crippen LogP contribution in [0.25, 0.3) is 0 Å². The highest BCUT2D eigenvalue weighted by Gasteiger charge is 2.10. The zero-order chi connectivity index (χ0) is 13.7. The SMILES string of the molecule is Cc1cn(CCCC[C@H](N)C(=O)O)c(=O)[nH]c1=O. The number of aryl methyl sites for hydroxylation is 2. The van der Waals surface area contributed by atoms with Crippen molar-refractivity contribution >= 4 is 5.97 Å². The maximum atomic E-state index is 11.4. The Morgan fingerprint density at radius 3 is 2.78 bits per heavy atom. The van der Waals surface area contributed by atoms with E-state index in [9.17, 15) is 14.4 Å². The zero-order valence-electron chi connectivity index (χ0n) is 10.2. The van der Waals surface area contributed by atoms with Gasteiger partial charge >= 0.3 is 11.7 Å². The van der Waals surface area contributed by atoms with Crippen LogP contribution in [0, 0.1) is 6.92 Å². The number of nitrogens with zero attached hydrogens (tertiary/aromatic N) is 1. The largest absolute Gasteiger partial charge is 0.480 e. The van der Waals surface area contributed by atoms with Gasteiger partial charge in [0.25, 0.3) is 5.56 Å². The van der Waals surface area contributed by atoms with E-state index in [0.29, 0.717) is 31.4 Å². The van der Waals surface area contributed by atoms with E-state index < -0.39 is 17.7 Å². The highest BCUT2D eigenvalue weighted by molar-refractivity contribution is 5.72. The molecule has 0 bridgehead atoms. The molecule has 0 spiro atoms. The minimum atomic E-state index is -1.02. The summed E-state index contributed by atoms with van der Waals surface area (Å²) >= 11 is 0. The summed E-state index contributed by atoms with van der Waals surface area (Å²) < 4.78 is 1.41. The molecule has 1 atom stereocenters. The average molecular weight is 255 g/mol. The van der Waals surface area contributed by atoms with Crippen molar-refractivity contribution in [3.05, 3.63) is 32.6 Å². The lowest BCUT2D eigenvalue weighted by atomic mass is 10.1. The van der Waals surface area contributed by atoms with Gasteiger partial charge in [-0.2, -0.15) is 0 Å². The van der Waals surface area contributed by atoms with Crippen molar-refractivity contribution in [3.8, 4) is 0 Å². The van der Waals surface area contributed by atoms with Gasteiger partial charge in [-0.3, -0.25) is 14.6 Å². The predicted molar refractivity (Wildman–Crippen MR) is 65.5 cm³/mol. The molecule has 0 aliphatic rings. The first-order chi connectivity index (χ1) is 8.41. The van der Waals surface area contributed by atoms with Gasteiger partial charge in [0, 0.05) is 18.3 Å². The van der Waals surface area contributed by atoms with Crippen LogP contribution < -0.4 is 17.0 Å². The molecule has 0 amide bonds. The maximum absolute atomic E-state index is 11.4. The number of aromatic amines is 1. The van der Waals surface area contributed by atoms with Gasteiger partial charge in [-0.05, 0) is 26.2 Å². The van der Waals surface area contributed by atoms with Crippen molar-refractivity contribution in [1.82, 2.24) is 9.55 Å². The lowest BCUT2D eigenvalue weighted by Crippen LogP contribution is -2.31. The van der Waals surface area contributed by atoms with Crippen molar-refractivity contribution in [2.45, 2.75) is 38.8 Å². The summed E-state index contributed by atoms with van der Waals surface area (Å²) in [6, 6.07) is -0.862. The Hall–Kier alpha value is -1.89. The highest BCUT2D eigenvalue weighted by Crippen LogP contribution is 2.01. The van der Waals surface area contributed by atoms with E-state index in [1.807, 2.05) is 0 Å². The average Bonchev–Trinajstić information content (AvgIpc) is 2.30. The first kappa shape index (κ1) is 14.2. The molecule has 0 fully saturated rings. The molecule has 0 unspecified atom stereocenters. The molecule has 4 N–H and O–H groups in total. The molecule has 1 aromatic heterocycles. The number of nitrogens with one attached hydrogen (secondary N) is 1. The molecule has 0 radical (unpaired) electrons. The van der Waals surface area contributed by atoms with E-state index in [1.54, 1.807) is 6.92 Å². The Bertz CT molecular complexity index is 532. The Morgan fingerprint density at radius 1 is 1.50 bits per heavy atom. The summed E-state index contributed by atoms with van der Waals surface area (Å²) in [5.41, 5.74) is 4.99. The summed E-state index contributed by atoms with van der Waals surface area (Å²) in [6.07, 6.45) is 3.11. The van der Waals surface area contributed by atoms with Crippen LogP contribution in [0.3, 0.4) is 0 Å². The number of hydrogen-bond donors (Lipinski definition) is 3. The molecule has 0 aromatic carbocycles. The Kier molecular flexibility index (Phi) is 4.85. The third-order valence-corrected chi connectivity index (χ3v) is 2.67. The van der Waals surface area contributed by atoms with Gasteiger partial charge in [0.05, 0.1) is 0 Å². The number of carboxylic acids is 1. The second-order valence-corrected chi connectivity index (χ2v) is 4.21. The third kappa shape index (κ3) is 3.85. The number of hydrogen-bond acceptors (Lipinski definition) is 4. The third-order valence-electron chi connectivity index (χ3n) is 2.67. The monoisotopic (exact) mass is 255 g/mol. The number of carbonyl (C=O) groups is 1. The molecule has 1 rings (SSSR count). The Labute approximate surface area is 103 Å². The quantitative estimate of drug-likeness (QED) is 0.588. The van der Waals surface area contributed by atoms with Crippen LogP contribution in [-0.2, 0) is 11.3 Å². The fourth-order valence-electron chi connectivity index (χ4n) is 1.55. The maximum Gasteiger partial charge on any atom is 0.328 e. The Balaban J connectivity index is 2.50. The van der Waals surface area contributed by atoms with E-state index in [-0.39, 0.29) is 5.56 Å². The van der Waals surface area contributed by atoms with Crippen molar-refractivity contribution in [3.63, 3.8) is 0 Å². The fraction of sp³-hybridized carbons (Fsp3) is 0.545. The number of aliphatic carboxylic acids is 1. The number of rotatable bonds is 6. The number of unbranched alkanes of at least 4 members (excludes halogenated alkanes) is 1. The summed E-state index contributed by atoms with van der Waals surface area (Å²) in [5, 5.41) is 8.59. The van der Waals surface area contributed by atoms with Crippen LogP contribution in [0.15, 0.2) is 15.8 Å². The predicted octanol–water partition coefficient (Wildman–Crippen LogP) is -0.573. The first-order valence-corrected chi connectivity index (χ1v) is 5.70. The van der Waals surface area contributed by atoms with Gasteiger partial charge in [-0.1, -0.05) is 0 Å². The molecule has 0 aliphatic carbocycles. The molecule has 0 saturated carbocycles. The highest BCUT2D eigenvalue weighted by atomic mass is 16.4. The summed E-state index contributed by atoms with van der Waals surface area (Å²) in [6.45, 7) is 2.05. The van der Waals surface area contributed by atoms with Gasteiger partial charge in [-0.25, -0.2) is 4.79 Å². The van der Waals surface area contributed by atoms with Crippen molar-refractivity contribution in [2.24, 2.45) is 5.73 Å². The minimum absolute atomic E-state index is 0.367. The van der Waals surface area contributed by atoms with Crippen molar-refractivity contribution < 1.29 is 9.90 Å². The van der Waals surface area contributed by atoms with Gasteiger partial charge in [0.15, 0.2) is 0 Å². The molecule has 7 nitrogen and oxygen atoms in total. The molecule has 7 heteroatoms. The normalized spacial score (nSPS) is 12.3. The van der Waals surface area contributed by atoms with Crippen LogP contribution in [0.4, 0.5) is 0 Å².